The number of hydrogen-bond acceptors (Lipinski definition) is 2. The van der Waals surface area contributed by atoms with Gasteiger partial charge in [-0.05, 0) is 43.0 Å². The van der Waals surface area contributed by atoms with E-state index in [-0.39, 0.29) is 18.0 Å². The van der Waals surface area contributed by atoms with Crippen molar-refractivity contribution in [1.29, 1.82) is 0 Å². The minimum Gasteiger partial charge on any atom is -0.352 e. The van der Waals surface area contributed by atoms with Crippen molar-refractivity contribution in [2.24, 2.45) is 0 Å². The molecule has 0 spiro atoms. The molecule has 2 atom stereocenters. The maximum atomic E-state index is 12.6. The monoisotopic (exact) mass is 328 g/mol. The van der Waals surface area contributed by atoms with Crippen LogP contribution >= 0.6 is 11.6 Å². The maximum absolute atomic E-state index is 12.6. The first-order valence-corrected chi connectivity index (χ1v) is 8.38. The van der Waals surface area contributed by atoms with Gasteiger partial charge in [0.05, 0.1) is 0 Å². The average molecular weight is 329 g/mol. The molecule has 120 valence electrons. The van der Waals surface area contributed by atoms with E-state index in [4.69, 9.17) is 11.6 Å². The first kappa shape index (κ1) is 16.0. The van der Waals surface area contributed by atoms with E-state index >= 15 is 0 Å². The van der Waals surface area contributed by atoms with E-state index in [2.05, 4.69) is 17.6 Å². The molecule has 2 aromatic rings. The van der Waals surface area contributed by atoms with Gasteiger partial charge in [-0.15, -0.1) is 0 Å². The first-order valence-electron chi connectivity index (χ1n) is 8.00. The number of carbonyl (C=O) groups is 1. The molecule has 2 aromatic carbocycles. The fraction of sp³-hybridized carbons (Fsp3) is 0.316. The Hall–Kier alpha value is -1.84. The van der Waals surface area contributed by atoms with Crippen molar-refractivity contribution in [2.45, 2.75) is 37.9 Å². The van der Waals surface area contributed by atoms with Gasteiger partial charge in [0.1, 0.15) is 6.04 Å². The van der Waals surface area contributed by atoms with E-state index < -0.39 is 0 Å². The van der Waals surface area contributed by atoms with Gasteiger partial charge in [-0.25, -0.2) is 0 Å². The second kappa shape index (κ2) is 7.16. The molecule has 23 heavy (non-hydrogen) atoms. The smallest absolute Gasteiger partial charge is 0.241 e. The molecule has 1 aliphatic carbocycles. The maximum Gasteiger partial charge on any atom is 0.241 e. The number of hydrogen-bond donors (Lipinski definition) is 2. The standard InChI is InChI=1S/C19H21ClN2O/c1-13(14-7-9-16(20)10-8-14)21-18(15-5-3-2-4-6-15)19(23)22-17-11-12-17/h2-10,13,17-18,21H,11-12H2,1H3,(H,22,23)/t13-,18-/m1/s1. The summed E-state index contributed by atoms with van der Waals surface area (Å²) in [5.41, 5.74) is 2.08. The quantitative estimate of drug-likeness (QED) is 0.841. The number of benzene rings is 2. The molecule has 1 fully saturated rings. The van der Waals surface area contributed by atoms with Crippen molar-refractivity contribution in [1.82, 2.24) is 10.6 Å². The van der Waals surface area contributed by atoms with Crippen molar-refractivity contribution in [2.75, 3.05) is 0 Å². The van der Waals surface area contributed by atoms with Gasteiger partial charge < -0.3 is 5.32 Å². The highest BCUT2D eigenvalue weighted by Gasteiger charge is 2.29. The SMILES string of the molecule is C[C@@H](N[C@@H](C(=O)NC1CC1)c1ccccc1)c1ccc(Cl)cc1. The van der Waals surface area contributed by atoms with E-state index in [1.54, 1.807) is 0 Å². The lowest BCUT2D eigenvalue weighted by Crippen LogP contribution is -2.39. The summed E-state index contributed by atoms with van der Waals surface area (Å²) >= 11 is 5.95. The summed E-state index contributed by atoms with van der Waals surface area (Å²) in [7, 11) is 0. The highest BCUT2D eigenvalue weighted by atomic mass is 35.5. The van der Waals surface area contributed by atoms with Crippen LogP contribution < -0.4 is 10.6 Å². The molecule has 1 amide bonds. The fourth-order valence-corrected chi connectivity index (χ4v) is 2.70. The minimum absolute atomic E-state index is 0.0412. The molecule has 2 N–H and O–H groups in total. The predicted molar refractivity (Wildman–Crippen MR) is 93.4 cm³/mol. The molecule has 0 saturated heterocycles. The number of nitrogens with one attached hydrogen (secondary N) is 2. The zero-order valence-electron chi connectivity index (χ0n) is 13.1. The first-order chi connectivity index (χ1) is 11.1. The second-order valence-corrected chi connectivity index (χ2v) is 6.50. The molecule has 1 aliphatic rings. The van der Waals surface area contributed by atoms with E-state index in [0.717, 1.165) is 24.0 Å². The molecule has 0 unspecified atom stereocenters. The number of rotatable bonds is 6. The lowest BCUT2D eigenvalue weighted by atomic mass is 10.0. The highest BCUT2D eigenvalue weighted by molar-refractivity contribution is 6.30. The Labute approximate surface area is 142 Å². The van der Waals surface area contributed by atoms with Gasteiger partial charge >= 0.3 is 0 Å². The molecule has 0 heterocycles. The third kappa shape index (κ3) is 4.34. The van der Waals surface area contributed by atoms with Gasteiger partial charge in [0, 0.05) is 17.1 Å². The van der Waals surface area contributed by atoms with E-state index in [1.165, 1.54) is 0 Å². The number of amides is 1. The predicted octanol–water partition coefficient (Wildman–Crippen LogP) is 4.01. The largest absolute Gasteiger partial charge is 0.352 e. The molecule has 0 aromatic heterocycles. The molecule has 4 heteroatoms. The highest BCUT2D eigenvalue weighted by Crippen LogP contribution is 2.24. The molecular weight excluding hydrogens is 308 g/mol. The Kier molecular flexibility index (Phi) is 4.99. The van der Waals surface area contributed by atoms with E-state index in [0.29, 0.717) is 11.1 Å². The Morgan fingerprint density at radius 1 is 1.04 bits per heavy atom. The van der Waals surface area contributed by atoms with Crippen LogP contribution in [0.4, 0.5) is 0 Å². The zero-order chi connectivity index (χ0) is 16.2. The fourth-order valence-electron chi connectivity index (χ4n) is 2.58. The summed E-state index contributed by atoms with van der Waals surface area (Å²) in [4.78, 5) is 12.6. The summed E-state index contributed by atoms with van der Waals surface area (Å²) in [5, 5.41) is 7.26. The summed E-state index contributed by atoms with van der Waals surface area (Å²) in [6.07, 6.45) is 2.17. The van der Waals surface area contributed by atoms with Crippen LogP contribution in [0.5, 0.6) is 0 Å². The zero-order valence-corrected chi connectivity index (χ0v) is 13.9. The van der Waals surface area contributed by atoms with Gasteiger partial charge in [-0.1, -0.05) is 54.1 Å². The van der Waals surface area contributed by atoms with Crippen LogP contribution in [-0.4, -0.2) is 11.9 Å². The van der Waals surface area contributed by atoms with Gasteiger partial charge in [0.15, 0.2) is 0 Å². The lowest BCUT2D eigenvalue weighted by Gasteiger charge is -2.23. The molecular formula is C19H21ClN2O. The average Bonchev–Trinajstić information content (AvgIpc) is 3.37. The van der Waals surface area contributed by atoms with E-state index in [1.807, 2.05) is 54.6 Å². The van der Waals surface area contributed by atoms with Crippen molar-refractivity contribution in [3.63, 3.8) is 0 Å². The van der Waals surface area contributed by atoms with Crippen LogP contribution in [0.1, 0.15) is 43.0 Å². The Bertz CT molecular complexity index is 653. The van der Waals surface area contributed by atoms with Crippen molar-refractivity contribution in [3.05, 3.63) is 70.7 Å². The van der Waals surface area contributed by atoms with Crippen molar-refractivity contribution < 1.29 is 4.79 Å². The summed E-state index contributed by atoms with van der Waals surface area (Å²) < 4.78 is 0. The topological polar surface area (TPSA) is 41.1 Å². The molecule has 0 radical (unpaired) electrons. The number of halogens is 1. The second-order valence-electron chi connectivity index (χ2n) is 6.07. The van der Waals surface area contributed by atoms with E-state index in [9.17, 15) is 4.79 Å². The normalized spacial score (nSPS) is 16.6. The molecule has 3 rings (SSSR count). The van der Waals surface area contributed by atoms with Crippen LogP contribution in [-0.2, 0) is 4.79 Å². The van der Waals surface area contributed by atoms with Crippen LogP contribution in [0.25, 0.3) is 0 Å². The summed E-state index contributed by atoms with van der Waals surface area (Å²) in [6.45, 7) is 2.06. The Morgan fingerprint density at radius 3 is 2.30 bits per heavy atom. The Morgan fingerprint density at radius 2 is 1.70 bits per heavy atom. The van der Waals surface area contributed by atoms with Crippen molar-refractivity contribution >= 4 is 17.5 Å². The van der Waals surface area contributed by atoms with Gasteiger partial charge in [0.25, 0.3) is 0 Å². The minimum atomic E-state index is -0.359. The molecule has 0 bridgehead atoms. The van der Waals surface area contributed by atoms with Crippen LogP contribution in [0.2, 0.25) is 5.02 Å². The van der Waals surface area contributed by atoms with Gasteiger partial charge in [-0.2, -0.15) is 0 Å². The number of carbonyl (C=O) groups excluding carboxylic acids is 1. The van der Waals surface area contributed by atoms with Crippen LogP contribution in [0.3, 0.4) is 0 Å². The third-order valence-corrected chi connectivity index (χ3v) is 4.36. The van der Waals surface area contributed by atoms with Crippen LogP contribution in [0, 0.1) is 0 Å². The summed E-state index contributed by atoms with van der Waals surface area (Å²) in [6, 6.07) is 17.6. The van der Waals surface area contributed by atoms with Crippen molar-refractivity contribution in [3.8, 4) is 0 Å². The molecule has 3 nitrogen and oxygen atoms in total. The lowest BCUT2D eigenvalue weighted by molar-refractivity contribution is -0.123. The summed E-state index contributed by atoms with van der Waals surface area (Å²) in [5.74, 6) is 0.0412. The molecule has 0 aliphatic heterocycles. The Balaban J connectivity index is 1.77. The molecule has 1 saturated carbocycles. The van der Waals surface area contributed by atoms with Crippen LogP contribution in [0.15, 0.2) is 54.6 Å². The van der Waals surface area contributed by atoms with Gasteiger partial charge in [-0.3, -0.25) is 10.1 Å². The van der Waals surface area contributed by atoms with Gasteiger partial charge in [0.2, 0.25) is 5.91 Å². The third-order valence-electron chi connectivity index (χ3n) is 4.11.